The fourth-order valence-electron chi connectivity index (χ4n) is 1.72. The minimum Gasteiger partial charge on any atom is -0.342 e. The number of carbonyl (C=O) groups is 1. The third kappa shape index (κ3) is 2.13. The number of carbonyl (C=O) groups excluding carboxylic acids is 1. The van der Waals surface area contributed by atoms with E-state index in [2.05, 4.69) is 24.3 Å². The predicted octanol–water partition coefficient (Wildman–Crippen LogP) is 1.85. The summed E-state index contributed by atoms with van der Waals surface area (Å²) in [5, 5.41) is 0. The fraction of sp³-hybridized carbons (Fsp3) is 0.417. The Balaban J connectivity index is 1.70. The van der Waals surface area contributed by atoms with Crippen molar-refractivity contribution in [1.82, 2.24) is 4.90 Å². The maximum Gasteiger partial charge on any atom is 0.224 e. The zero-order valence-electron chi connectivity index (χ0n) is 8.28. The maximum atomic E-state index is 11.0. The van der Waals surface area contributed by atoms with Crippen LogP contribution >= 0.6 is 0 Å². The van der Waals surface area contributed by atoms with Gasteiger partial charge in [0.25, 0.3) is 0 Å². The Kier molecular flexibility index (Phi) is 2.82. The third-order valence-corrected chi connectivity index (χ3v) is 2.68. The molecule has 0 N–H and O–H groups in total. The van der Waals surface area contributed by atoms with Crippen LogP contribution in [0.25, 0.3) is 0 Å². The van der Waals surface area contributed by atoms with Gasteiger partial charge in [-0.25, -0.2) is 0 Å². The first kappa shape index (κ1) is 9.25. The molecule has 2 heteroatoms. The van der Waals surface area contributed by atoms with Gasteiger partial charge in [-0.1, -0.05) is 30.3 Å². The number of hydrogen-bond donors (Lipinski definition) is 0. The van der Waals surface area contributed by atoms with Gasteiger partial charge in [-0.3, -0.25) is 4.79 Å². The summed E-state index contributed by atoms with van der Waals surface area (Å²) in [5.41, 5.74) is 1.36. The Morgan fingerprint density at radius 3 is 2.57 bits per heavy atom. The second-order valence-corrected chi connectivity index (χ2v) is 3.72. The number of amides is 1. The van der Waals surface area contributed by atoms with Crippen LogP contribution in [0.3, 0.4) is 0 Å². The number of benzene rings is 1. The molecule has 1 heterocycles. The first-order valence-corrected chi connectivity index (χ1v) is 5.18. The molecule has 0 saturated carbocycles. The SMILES string of the molecule is O=C1CCN1CCCc1ccccc1. The van der Waals surface area contributed by atoms with Gasteiger partial charge >= 0.3 is 0 Å². The van der Waals surface area contributed by atoms with E-state index in [4.69, 9.17) is 0 Å². The molecule has 1 aromatic carbocycles. The van der Waals surface area contributed by atoms with Crippen LogP contribution in [0.2, 0.25) is 0 Å². The summed E-state index contributed by atoms with van der Waals surface area (Å²) >= 11 is 0. The van der Waals surface area contributed by atoms with Gasteiger partial charge in [0.2, 0.25) is 5.91 Å². The van der Waals surface area contributed by atoms with Crippen molar-refractivity contribution in [3.63, 3.8) is 0 Å². The highest BCUT2D eigenvalue weighted by molar-refractivity contribution is 5.81. The molecule has 0 bridgehead atoms. The van der Waals surface area contributed by atoms with Gasteiger partial charge in [-0.05, 0) is 18.4 Å². The van der Waals surface area contributed by atoms with Gasteiger partial charge in [-0.2, -0.15) is 0 Å². The molecule has 14 heavy (non-hydrogen) atoms. The molecule has 1 saturated heterocycles. The number of nitrogens with zero attached hydrogens (tertiary/aromatic N) is 1. The summed E-state index contributed by atoms with van der Waals surface area (Å²) in [6.07, 6.45) is 2.91. The van der Waals surface area contributed by atoms with Crippen LogP contribution in [0.4, 0.5) is 0 Å². The summed E-state index contributed by atoms with van der Waals surface area (Å²) in [7, 11) is 0. The fourth-order valence-corrected chi connectivity index (χ4v) is 1.72. The molecule has 2 nitrogen and oxygen atoms in total. The van der Waals surface area contributed by atoms with E-state index in [1.165, 1.54) is 5.56 Å². The van der Waals surface area contributed by atoms with Crippen LogP contribution in [0.15, 0.2) is 30.3 Å². The summed E-state index contributed by atoms with van der Waals surface area (Å²) in [6.45, 7) is 1.89. The molecule has 0 aliphatic carbocycles. The zero-order chi connectivity index (χ0) is 9.80. The van der Waals surface area contributed by atoms with Crippen LogP contribution in [0.1, 0.15) is 18.4 Å². The van der Waals surface area contributed by atoms with Crippen LogP contribution in [-0.2, 0) is 11.2 Å². The summed E-state index contributed by atoms with van der Waals surface area (Å²) in [5.74, 6) is 0.318. The molecule has 74 valence electrons. The topological polar surface area (TPSA) is 20.3 Å². The number of rotatable bonds is 4. The van der Waals surface area contributed by atoms with E-state index >= 15 is 0 Å². The van der Waals surface area contributed by atoms with Gasteiger partial charge in [0.05, 0.1) is 0 Å². The Morgan fingerprint density at radius 2 is 2.00 bits per heavy atom. The quantitative estimate of drug-likeness (QED) is 0.662. The van der Waals surface area contributed by atoms with Gasteiger partial charge in [0, 0.05) is 19.5 Å². The highest BCUT2D eigenvalue weighted by Gasteiger charge is 2.22. The van der Waals surface area contributed by atoms with E-state index in [0.29, 0.717) is 5.91 Å². The lowest BCUT2D eigenvalue weighted by Crippen LogP contribution is -2.43. The normalized spacial score (nSPS) is 15.4. The lowest BCUT2D eigenvalue weighted by Gasteiger charge is -2.30. The van der Waals surface area contributed by atoms with Crippen molar-refractivity contribution in [2.45, 2.75) is 19.3 Å². The summed E-state index contributed by atoms with van der Waals surface area (Å²) < 4.78 is 0. The van der Waals surface area contributed by atoms with E-state index < -0.39 is 0 Å². The second-order valence-electron chi connectivity index (χ2n) is 3.72. The van der Waals surface area contributed by atoms with Crippen molar-refractivity contribution in [2.75, 3.05) is 13.1 Å². The maximum absolute atomic E-state index is 11.0. The minimum absolute atomic E-state index is 0.318. The van der Waals surface area contributed by atoms with Crippen LogP contribution in [0.5, 0.6) is 0 Å². The van der Waals surface area contributed by atoms with Crippen molar-refractivity contribution in [1.29, 1.82) is 0 Å². The van der Waals surface area contributed by atoms with E-state index in [1.54, 1.807) is 0 Å². The molecule has 1 fully saturated rings. The largest absolute Gasteiger partial charge is 0.342 e. The van der Waals surface area contributed by atoms with Crippen LogP contribution in [0, 0.1) is 0 Å². The molecule has 1 aliphatic rings. The Labute approximate surface area is 84.5 Å². The van der Waals surface area contributed by atoms with Crippen molar-refractivity contribution < 1.29 is 4.79 Å². The lowest BCUT2D eigenvalue weighted by molar-refractivity contribution is -0.139. The highest BCUT2D eigenvalue weighted by atomic mass is 16.2. The number of β-lactam (4-membered cyclic amide) rings is 1. The van der Waals surface area contributed by atoms with E-state index in [0.717, 1.165) is 32.4 Å². The smallest absolute Gasteiger partial charge is 0.224 e. The highest BCUT2D eigenvalue weighted by Crippen LogP contribution is 2.10. The average Bonchev–Trinajstić information content (AvgIpc) is 2.24. The van der Waals surface area contributed by atoms with Gasteiger partial charge in [0.1, 0.15) is 0 Å². The van der Waals surface area contributed by atoms with Gasteiger partial charge < -0.3 is 4.90 Å². The van der Waals surface area contributed by atoms with Crippen LogP contribution < -0.4 is 0 Å². The molecule has 2 rings (SSSR count). The average molecular weight is 189 g/mol. The van der Waals surface area contributed by atoms with Crippen molar-refractivity contribution in [3.05, 3.63) is 35.9 Å². The molecule has 0 radical (unpaired) electrons. The van der Waals surface area contributed by atoms with Crippen molar-refractivity contribution in [2.24, 2.45) is 0 Å². The molecule has 1 aliphatic heterocycles. The van der Waals surface area contributed by atoms with Crippen molar-refractivity contribution in [3.8, 4) is 0 Å². The minimum atomic E-state index is 0.318. The molecular weight excluding hydrogens is 174 g/mol. The monoisotopic (exact) mass is 189 g/mol. The third-order valence-electron chi connectivity index (χ3n) is 2.68. The summed E-state index contributed by atoms with van der Waals surface area (Å²) in [6, 6.07) is 10.4. The summed E-state index contributed by atoms with van der Waals surface area (Å²) in [4.78, 5) is 12.9. The van der Waals surface area contributed by atoms with Crippen LogP contribution in [-0.4, -0.2) is 23.9 Å². The Bertz CT molecular complexity index is 307. The Hall–Kier alpha value is -1.31. The van der Waals surface area contributed by atoms with E-state index in [-0.39, 0.29) is 0 Å². The number of likely N-dealkylation sites (tertiary alicyclic amines) is 1. The Morgan fingerprint density at radius 1 is 1.21 bits per heavy atom. The van der Waals surface area contributed by atoms with E-state index in [9.17, 15) is 4.79 Å². The van der Waals surface area contributed by atoms with Gasteiger partial charge in [0.15, 0.2) is 0 Å². The molecule has 0 aromatic heterocycles. The molecule has 0 spiro atoms. The second kappa shape index (κ2) is 4.27. The first-order valence-electron chi connectivity index (χ1n) is 5.18. The zero-order valence-corrected chi connectivity index (χ0v) is 8.28. The number of aryl methyl sites for hydroxylation is 1. The van der Waals surface area contributed by atoms with Crippen molar-refractivity contribution >= 4 is 5.91 Å². The predicted molar refractivity (Wildman–Crippen MR) is 56.0 cm³/mol. The standard InChI is InChI=1S/C12H15NO/c14-12-8-10-13(12)9-4-7-11-5-2-1-3-6-11/h1-3,5-6H,4,7-10H2. The molecule has 0 unspecified atom stereocenters. The van der Waals surface area contributed by atoms with E-state index in [1.807, 2.05) is 11.0 Å². The van der Waals surface area contributed by atoms with Gasteiger partial charge in [-0.15, -0.1) is 0 Å². The first-order chi connectivity index (χ1) is 6.86. The molecule has 1 amide bonds. The lowest BCUT2D eigenvalue weighted by atomic mass is 10.1. The number of hydrogen-bond acceptors (Lipinski definition) is 1. The molecule has 0 atom stereocenters. The molecular formula is C12H15NO. The molecule has 1 aromatic rings.